The molecule has 21 heavy (non-hydrogen) atoms. The van der Waals surface area contributed by atoms with Crippen LogP contribution in [-0.4, -0.2) is 40.9 Å². The van der Waals surface area contributed by atoms with Gasteiger partial charge in [0.1, 0.15) is 0 Å². The summed E-state index contributed by atoms with van der Waals surface area (Å²) in [6.45, 7) is 1.89. The number of aromatic nitrogens is 2. The van der Waals surface area contributed by atoms with E-state index in [0.29, 0.717) is 5.54 Å². The largest absolute Gasteiger partial charge is 0.309 e. The third-order valence-electron chi connectivity index (χ3n) is 5.06. The molecule has 0 radical (unpaired) electrons. The maximum absolute atomic E-state index is 4.66. The number of para-hydroxylation sites is 1. The molecule has 0 aliphatic heterocycles. The minimum Gasteiger partial charge on any atom is -0.309 e. The van der Waals surface area contributed by atoms with Crippen LogP contribution in [0, 0.1) is 0 Å². The lowest BCUT2D eigenvalue weighted by Gasteiger charge is -2.36. The van der Waals surface area contributed by atoms with Crippen LogP contribution in [0.3, 0.4) is 0 Å². The quantitative estimate of drug-likeness (QED) is 0.917. The Morgan fingerprint density at radius 2 is 1.95 bits per heavy atom. The number of aryl methyl sites for hydroxylation is 1. The normalized spacial score (nSPS) is 17.9. The van der Waals surface area contributed by atoms with Gasteiger partial charge in [-0.2, -0.15) is 5.10 Å². The molecule has 3 rings (SSSR count). The van der Waals surface area contributed by atoms with Crippen LogP contribution in [0.1, 0.15) is 31.4 Å². The van der Waals surface area contributed by atoms with Crippen molar-refractivity contribution in [3.63, 3.8) is 0 Å². The van der Waals surface area contributed by atoms with Crippen molar-refractivity contribution >= 4 is 10.9 Å². The Labute approximate surface area is 127 Å². The highest BCUT2D eigenvalue weighted by atomic mass is 15.3. The molecular formula is C17H26N4. The predicted molar refractivity (Wildman–Crippen MR) is 87.3 cm³/mol. The molecule has 1 aromatic heterocycles. The van der Waals surface area contributed by atoms with Crippen molar-refractivity contribution in [2.24, 2.45) is 7.05 Å². The van der Waals surface area contributed by atoms with E-state index in [4.69, 9.17) is 0 Å². The Balaban J connectivity index is 1.69. The number of likely N-dealkylation sites (N-methyl/N-ethyl adjacent to an activating group) is 1. The summed E-state index contributed by atoms with van der Waals surface area (Å²) in [6.07, 6.45) is 5.31. The fourth-order valence-electron chi connectivity index (χ4n) is 3.65. The molecule has 0 spiro atoms. The van der Waals surface area contributed by atoms with Crippen molar-refractivity contribution in [1.82, 2.24) is 20.0 Å². The van der Waals surface area contributed by atoms with Crippen LogP contribution in [0.2, 0.25) is 0 Å². The maximum atomic E-state index is 4.66. The summed E-state index contributed by atoms with van der Waals surface area (Å²) in [5, 5.41) is 9.58. The molecule has 2 aromatic rings. The summed E-state index contributed by atoms with van der Waals surface area (Å²) in [5.74, 6) is 0. The highest BCUT2D eigenvalue weighted by Gasteiger charge is 2.35. The second-order valence-corrected chi connectivity index (χ2v) is 6.52. The molecule has 114 valence electrons. The van der Waals surface area contributed by atoms with Gasteiger partial charge in [-0.15, -0.1) is 0 Å². The van der Waals surface area contributed by atoms with Crippen molar-refractivity contribution in [2.45, 2.75) is 37.8 Å². The van der Waals surface area contributed by atoms with Gasteiger partial charge in [0, 0.05) is 31.1 Å². The fourth-order valence-corrected chi connectivity index (χ4v) is 3.65. The highest BCUT2D eigenvalue weighted by molar-refractivity contribution is 5.81. The van der Waals surface area contributed by atoms with Gasteiger partial charge in [-0.1, -0.05) is 31.0 Å². The Bertz CT molecular complexity index is 608. The Morgan fingerprint density at radius 1 is 1.24 bits per heavy atom. The zero-order chi connectivity index (χ0) is 14.9. The minimum absolute atomic E-state index is 0.338. The number of nitrogens with one attached hydrogen (secondary N) is 1. The number of fused-ring (bicyclic) bond motifs is 1. The zero-order valence-corrected chi connectivity index (χ0v) is 13.4. The van der Waals surface area contributed by atoms with E-state index in [1.165, 1.54) is 36.6 Å². The summed E-state index contributed by atoms with van der Waals surface area (Å²) in [7, 11) is 6.44. The molecule has 1 fully saturated rings. The molecular weight excluding hydrogens is 260 g/mol. The van der Waals surface area contributed by atoms with Crippen LogP contribution in [0.4, 0.5) is 0 Å². The summed E-state index contributed by atoms with van der Waals surface area (Å²) in [6, 6.07) is 8.45. The van der Waals surface area contributed by atoms with E-state index < -0.39 is 0 Å². The van der Waals surface area contributed by atoms with E-state index in [2.05, 4.69) is 53.7 Å². The molecule has 4 heteroatoms. The van der Waals surface area contributed by atoms with Crippen molar-refractivity contribution in [2.75, 3.05) is 20.6 Å². The number of hydrogen-bond acceptors (Lipinski definition) is 3. The van der Waals surface area contributed by atoms with E-state index in [1.54, 1.807) is 0 Å². The predicted octanol–water partition coefficient (Wildman–Crippen LogP) is 2.54. The van der Waals surface area contributed by atoms with Gasteiger partial charge in [0.15, 0.2) is 0 Å². The van der Waals surface area contributed by atoms with Gasteiger partial charge >= 0.3 is 0 Å². The van der Waals surface area contributed by atoms with Gasteiger partial charge in [-0.25, -0.2) is 0 Å². The van der Waals surface area contributed by atoms with Crippen LogP contribution in [0.5, 0.6) is 0 Å². The van der Waals surface area contributed by atoms with Crippen LogP contribution in [-0.2, 0) is 13.6 Å². The van der Waals surface area contributed by atoms with Gasteiger partial charge in [0.2, 0.25) is 0 Å². The third-order valence-corrected chi connectivity index (χ3v) is 5.06. The Morgan fingerprint density at radius 3 is 2.67 bits per heavy atom. The van der Waals surface area contributed by atoms with Crippen LogP contribution >= 0.6 is 0 Å². The summed E-state index contributed by atoms with van der Waals surface area (Å²) >= 11 is 0. The SMILES string of the molecule is CN(C)C1(CNCc2nn(C)c3ccccc23)CCCC1. The standard InChI is InChI=1S/C17H26N4/c1-20(2)17(10-6-7-11-17)13-18-12-15-14-8-4-5-9-16(14)21(3)19-15/h4-5,8-9,18H,6-7,10-13H2,1-3H3. The molecule has 0 atom stereocenters. The van der Waals surface area contributed by atoms with Crippen molar-refractivity contribution in [3.05, 3.63) is 30.0 Å². The Kier molecular flexibility index (Phi) is 4.00. The molecule has 1 aliphatic carbocycles. The van der Waals surface area contributed by atoms with Gasteiger partial charge in [-0.05, 0) is 33.0 Å². The van der Waals surface area contributed by atoms with Gasteiger partial charge in [0.05, 0.1) is 11.2 Å². The second-order valence-electron chi connectivity index (χ2n) is 6.52. The fraction of sp³-hybridized carbons (Fsp3) is 0.588. The first kappa shape index (κ1) is 14.5. The maximum Gasteiger partial charge on any atom is 0.0841 e. The van der Waals surface area contributed by atoms with Gasteiger partial charge < -0.3 is 10.2 Å². The van der Waals surface area contributed by atoms with E-state index in [0.717, 1.165) is 18.8 Å². The molecule has 0 saturated heterocycles. The number of rotatable bonds is 5. The van der Waals surface area contributed by atoms with E-state index >= 15 is 0 Å². The average Bonchev–Trinajstić information content (AvgIpc) is 3.07. The minimum atomic E-state index is 0.338. The van der Waals surface area contributed by atoms with Crippen molar-refractivity contribution < 1.29 is 0 Å². The molecule has 1 aromatic carbocycles. The lowest BCUT2D eigenvalue weighted by Crippen LogP contribution is -2.49. The van der Waals surface area contributed by atoms with Gasteiger partial charge in [-0.3, -0.25) is 4.68 Å². The van der Waals surface area contributed by atoms with E-state index in [-0.39, 0.29) is 0 Å². The lowest BCUT2D eigenvalue weighted by molar-refractivity contribution is 0.153. The molecule has 0 bridgehead atoms. The summed E-state index contributed by atoms with van der Waals surface area (Å²) in [5.41, 5.74) is 2.70. The number of benzene rings is 1. The first-order valence-electron chi connectivity index (χ1n) is 7.91. The molecule has 0 unspecified atom stereocenters. The van der Waals surface area contributed by atoms with Gasteiger partial charge in [0.25, 0.3) is 0 Å². The number of hydrogen-bond donors (Lipinski definition) is 1. The van der Waals surface area contributed by atoms with E-state index in [1.807, 2.05) is 11.7 Å². The first-order valence-corrected chi connectivity index (χ1v) is 7.91. The molecule has 1 heterocycles. The second kappa shape index (κ2) is 5.78. The van der Waals surface area contributed by atoms with Crippen molar-refractivity contribution in [3.8, 4) is 0 Å². The monoisotopic (exact) mass is 286 g/mol. The molecule has 1 aliphatic rings. The first-order chi connectivity index (χ1) is 10.1. The third kappa shape index (κ3) is 2.70. The molecule has 0 amide bonds. The highest BCUT2D eigenvalue weighted by Crippen LogP contribution is 2.33. The average molecular weight is 286 g/mol. The molecule has 4 nitrogen and oxygen atoms in total. The molecule has 1 saturated carbocycles. The summed E-state index contributed by atoms with van der Waals surface area (Å²) < 4.78 is 1.98. The molecule has 1 N–H and O–H groups in total. The van der Waals surface area contributed by atoms with Crippen LogP contribution < -0.4 is 5.32 Å². The lowest BCUT2D eigenvalue weighted by atomic mass is 9.96. The van der Waals surface area contributed by atoms with Crippen LogP contribution in [0.25, 0.3) is 10.9 Å². The summed E-state index contributed by atoms with van der Waals surface area (Å²) in [4.78, 5) is 2.41. The van der Waals surface area contributed by atoms with E-state index in [9.17, 15) is 0 Å². The topological polar surface area (TPSA) is 33.1 Å². The zero-order valence-electron chi connectivity index (χ0n) is 13.4. The van der Waals surface area contributed by atoms with Crippen LogP contribution in [0.15, 0.2) is 24.3 Å². The Hall–Kier alpha value is -1.39. The smallest absolute Gasteiger partial charge is 0.0841 e. The number of nitrogens with zero attached hydrogens (tertiary/aromatic N) is 3. The van der Waals surface area contributed by atoms with Crippen molar-refractivity contribution in [1.29, 1.82) is 0 Å².